The Bertz CT molecular complexity index is 1110. The van der Waals surface area contributed by atoms with Gasteiger partial charge in [-0.05, 0) is 49.4 Å². The van der Waals surface area contributed by atoms with Gasteiger partial charge in [0.1, 0.15) is 12.4 Å². The predicted molar refractivity (Wildman–Crippen MR) is 129 cm³/mol. The number of fused-ring (bicyclic) bond motifs is 1. The number of nitrogens with zero attached hydrogens (tertiary/aromatic N) is 1. The van der Waals surface area contributed by atoms with Gasteiger partial charge in [0, 0.05) is 23.6 Å². The number of aliphatic hydroxyl groups excluding tert-OH is 1. The van der Waals surface area contributed by atoms with Gasteiger partial charge in [-0.15, -0.1) is 12.4 Å². The number of aromatic nitrogens is 1. The van der Waals surface area contributed by atoms with Crippen molar-refractivity contribution in [2.24, 2.45) is 0 Å². The summed E-state index contributed by atoms with van der Waals surface area (Å²) in [6, 6.07) is 26.6. The average Bonchev–Trinajstić information content (AvgIpc) is 3.16. The molecule has 4 rings (SSSR count). The maximum atomic E-state index is 10.9. The van der Waals surface area contributed by atoms with Crippen LogP contribution < -0.4 is 10.1 Å². The number of rotatable bonds is 8. The lowest BCUT2D eigenvalue weighted by Crippen LogP contribution is -2.33. The van der Waals surface area contributed by atoms with Crippen LogP contribution in [0.5, 0.6) is 5.75 Å². The van der Waals surface area contributed by atoms with E-state index in [1.54, 1.807) is 0 Å². The molecule has 0 unspecified atom stereocenters. The predicted octanol–water partition coefficient (Wildman–Crippen LogP) is 5.12. The van der Waals surface area contributed by atoms with E-state index in [2.05, 4.69) is 71.4 Å². The van der Waals surface area contributed by atoms with E-state index in [1.165, 1.54) is 5.56 Å². The molecule has 0 amide bonds. The fourth-order valence-electron chi connectivity index (χ4n) is 3.98. The van der Waals surface area contributed by atoms with Crippen molar-refractivity contribution in [1.29, 1.82) is 0 Å². The fourth-order valence-corrected chi connectivity index (χ4v) is 3.98. The lowest BCUT2D eigenvalue weighted by molar-refractivity contribution is 0.132. The van der Waals surface area contributed by atoms with Crippen molar-refractivity contribution in [3.63, 3.8) is 0 Å². The van der Waals surface area contributed by atoms with Crippen molar-refractivity contribution >= 4 is 23.3 Å². The summed E-state index contributed by atoms with van der Waals surface area (Å²) in [6.45, 7) is 3.14. The van der Waals surface area contributed by atoms with Crippen LogP contribution in [-0.4, -0.2) is 29.4 Å². The summed E-state index contributed by atoms with van der Waals surface area (Å²) in [5.41, 5.74) is 4.54. The molecule has 0 aliphatic rings. The Morgan fingerprint density at radius 3 is 2.52 bits per heavy atom. The summed E-state index contributed by atoms with van der Waals surface area (Å²) >= 11 is 0. The van der Waals surface area contributed by atoms with E-state index in [9.17, 15) is 5.11 Å². The fraction of sp³-hybridized carbons (Fsp3) is 0.231. The number of hydrogen-bond acceptors (Lipinski definition) is 3. The van der Waals surface area contributed by atoms with Gasteiger partial charge < -0.3 is 19.7 Å². The molecule has 0 bridgehead atoms. The largest absolute Gasteiger partial charge is 0.489 e. The van der Waals surface area contributed by atoms with E-state index in [0.717, 1.165) is 27.8 Å². The second-order valence-electron chi connectivity index (χ2n) is 7.70. The van der Waals surface area contributed by atoms with E-state index in [4.69, 9.17) is 4.74 Å². The van der Waals surface area contributed by atoms with Crippen molar-refractivity contribution in [3.05, 3.63) is 102 Å². The first-order chi connectivity index (χ1) is 14.7. The first kappa shape index (κ1) is 22.9. The topological polar surface area (TPSA) is 46.4 Å². The maximum Gasteiger partial charge on any atom is 0.120 e. The van der Waals surface area contributed by atoms with Crippen LogP contribution in [0.25, 0.3) is 10.9 Å². The second kappa shape index (κ2) is 10.5. The molecule has 2 N–H and O–H groups in total. The molecule has 0 saturated carbocycles. The van der Waals surface area contributed by atoms with Gasteiger partial charge in [0.15, 0.2) is 0 Å². The molecule has 2 atom stereocenters. The van der Waals surface area contributed by atoms with Crippen LogP contribution in [0.1, 0.15) is 22.7 Å². The lowest BCUT2D eigenvalue weighted by atomic mass is 10.0. The van der Waals surface area contributed by atoms with Gasteiger partial charge in [-0.2, -0.15) is 0 Å². The normalized spacial score (nSPS) is 12.9. The Kier molecular flexibility index (Phi) is 7.75. The summed E-state index contributed by atoms with van der Waals surface area (Å²) in [7, 11) is 1.86. The molecule has 4 aromatic rings. The van der Waals surface area contributed by atoms with E-state index < -0.39 is 6.10 Å². The number of benzene rings is 3. The Labute approximate surface area is 189 Å². The van der Waals surface area contributed by atoms with Crippen LogP contribution in [0.4, 0.5) is 0 Å². The Morgan fingerprint density at radius 1 is 0.968 bits per heavy atom. The SMILES string of the molecule is CNC[C@@H](O)[C@H](c1ccccc1)n1ccc2cc(OCc3cccc(C)c3)ccc21.Cl. The van der Waals surface area contributed by atoms with Gasteiger partial charge in [0.2, 0.25) is 0 Å². The van der Waals surface area contributed by atoms with Gasteiger partial charge >= 0.3 is 0 Å². The third-order valence-corrected chi connectivity index (χ3v) is 5.40. The van der Waals surface area contributed by atoms with Crippen LogP contribution in [0, 0.1) is 6.92 Å². The standard InChI is InChI=1S/C26H28N2O2.ClH/c1-19-7-6-8-20(15-19)18-30-23-11-12-24-22(16-23)13-14-28(24)26(25(29)17-27-2)21-9-4-3-5-10-21;/h3-16,25-27,29H,17-18H2,1-2H3;1H/t25-,26+;/m1./s1. The first-order valence-electron chi connectivity index (χ1n) is 10.3. The summed E-state index contributed by atoms with van der Waals surface area (Å²) in [5, 5.41) is 15.1. The molecule has 1 aromatic heterocycles. The lowest BCUT2D eigenvalue weighted by Gasteiger charge is -2.26. The highest BCUT2D eigenvalue weighted by atomic mass is 35.5. The van der Waals surface area contributed by atoms with Crippen molar-refractivity contribution in [3.8, 4) is 5.75 Å². The molecule has 0 spiro atoms. The minimum atomic E-state index is -0.551. The van der Waals surface area contributed by atoms with Crippen molar-refractivity contribution in [2.75, 3.05) is 13.6 Å². The summed E-state index contributed by atoms with van der Waals surface area (Å²) in [5.74, 6) is 0.841. The quantitative estimate of drug-likeness (QED) is 0.403. The Balaban J connectivity index is 0.00000272. The van der Waals surface area contributed by atoms with E-state index in [-0.39, 0.29) is 18.4 Å². The third-order valence-electron chi connectivity index (χ3n) is 5.40. The molecular weight excluding hydrogens is 408 g/mol. The monoisotopic (exact) mass is 436 g/mol. The van der Waals surface area contributed by atoms with Gasteiger partial charge in [0.25, 0.3) is 0 Å². The zero-order valence-electron chi connectivity index (χ0n) is 17.9. The molecule has 0 fully saturated rings. The summed E-state index contributed by atoms with van der Waals surface area (Å²) in [6.07, 6.45) is 1.50. The van der Waals surface area contributed by atoms with Crippen molar-refractivity contribution in [1.82, 2.24) is 9.88 Å². The highest BCUT2D eigenvalue weighted by Crippen LogP contribution is 2.30. The number of ether oxygens (including phenoxy) is 1. The number of hydrogen-bond donors (Lipinski definition) is 2. The number of likely N-dealkylation sites (N-methyl/N-ethyl adjacent to an activating group) is 1. The second-order valence-corrected chi connectivity index (χ2v) is 7.70. The van der Waals surface area contributed by atoms with Gasteiger partial charge in [-0.25, -0.2) is 0 Å². The molecule has 5 heteroatoms. The van der Waals surface area contributed by atoms with Gasteiger partial charge in [-0.3, -0.25) is 0 Å². The van der Waals surface area contributed by atoms with Crippen LogP contribution >= 0.6 is 12.4 Å². The molecule has 0 saturated heterocycles. The molecule has 31 heavy (non-hydrogen) atoms. The van der Waals surface area contributed by atoms with E-state index >= 15 is 0 Å². The number of aliphatic hydroxyl groups is 1. The van der Waals surface area contributed by atoms with Crippen LogP contribution in [-0.2, 0) is 6.61 Å². The smallest absolute Gasteiger partial charge is 0.120 e. The minimum absolute atomic E-state index is 0. The number of aryl methyl sites for hydroxylation is 1. The van der Waals surface area contributed by atoms with Crippen LogP contribution in [0.15, 0.2) is 85.1 Å². The molecule has 3 aromatic carbocycles. The summed E-state index contributed by atoms with van der Waals surface area (Å²) < 4.78 is 8.18. The molecule has 0 radical (unpaired) electrons. The van der Waals surface area contributed by atoms with E-state index in [1.807, 2.05) is 37.5 Å². The summed E-state index contributed by atoms with van der Waals surface area (Å²) in [4.78, 5) is 0. The third kappa shape index (κ3) is 5.28. The van der Waals surface area contributed by atoms with Crippen molar-refractivity contribution < 1.29 is 9.84 Å². The molecular formula is C26H29ClN2O2. The van der Waals surface area contributed by atoms with Crippen molar-refractivity contribution in [2.45, 2.75) is 25.7 Å². The Hall–Kier alpha value is -2.79. The zero-order valence-corrected chi connectivity index (χ0v) is 18.7. The highest BCUT2D eigenvalue weighted by Gasteiger charge is 2.23. The Morgan fingerprint density at radius 2 is 1.77 bits per heavy atom. The van der Waals surface area contributed by atoms with Gasteiger partial charge in [0.05, 0.1) is 12.1 Å². The number of halogens is 1. The van der Waals surface area contributed by atoms with E-state index in [0.29, 0.717) is 13.2 Å². The molecule has 4 nitrogen and oxygen atoms in total. The molecule has 1 heterocycles. The molecule has 162 valence electrons. The zero-order chi connectivity index (χ0) is 20.9. The minimum Gasteiger partial charge on any atom is -0.489 e. The maximum absolute atomic E-state index is 10.9. The molecule has 0 aliphatic heterocycles. The molecule has 0 aliphatic carbocycles. The average molecular weight is 437 g/mol. The number of nitrogens with one attached hydrogen (secondary N) is 1. The highest BCUT2D eigenvalue weighted by molar-refractivity contribution is 5.85. The van der Waals surface area contributed by atoms with Crippen LogP contribution in [0.3, 0.4) is 0 Å². The van der Waals surface area contributed by atoms with Crippen LogP contribution in [0.2, 0.25) is 0 Å². The van der Waals surface area contributed by atoms with Gasteiger partial charge in [-0.1, -0.05) is 60.2 Å². The first-order valence-corrected chi connectivity index (χ1v) is 10.3.